The zero-order chi connectivity index (χ0) is 24.1. The second-order valence-electron chi connectivity index (χ2n) is 8.26. The van der Waals surface area contributed by atoms with E-state index in [1.165, 1.54) is 7.11 Å². The van der Waals surface area contributed by atoms with Crippen LogP contribution in [0.4, 0.5) is 5.69 Å². The van der Waals surface area contributed by atoms with Crippen LogP contribution in [0.15, 0.2) is 36.4 Å². The molecule has 1 unspecified atom stereocenters. The van der Waals surface area contributed by atoms with Gasteiger partial charge in [0.15, 0.2) is 29.3 Å². The Balaban J connectivity index is 1.39. The van der Waals surface area contributed by atoms with Crippen molar-refractivity contribution < 1.29 is 33.3 Å². The maximum Gasteiger partial charge on any atom is 0.243 e. The van der Waals surface area contributed by atoms with Gasteiger partial charge in [-0.15, -0.1) is 0 Å². The van der Waals surface area contributed by atoms with Gasteiger partial charge in [0.25, 0.3) is 0 Å². The van der Waals surface area contributed by atoms with Gasteiger partial charge in [0.1, 0.15) is 0 Å². The average Bonchev–Trinajstić information content (AvgIpc) is 3.48. The molecule has 1 N–H and O–H groups in total. The number of rotatable bonds is 9. The Kier molecular flexibility index (Phi) is 7.42. The largest absolute Gasteiger partial charge is 0.493 e. The standard InChI is InChI=1S/C25H30N2O7/c1-30-19-9-7-18(13-21(19)32-3)26-23(28)15-27-14-17(12-24(27)29)16-6-8-20(31-2)22(11-16)34-25-5-4-10-33-25/h6-9,11,13,17,25H,4-5,10,12,14-15H2,1-3H3,(H,26,28)/t17-,25?/m1/s1. The summed E-state index contributed by atoms with van der Waals surface area (Å²) in [7, 11) is 4.67. The highest BCUT2D eigenvalue weighted by Crippen LogP contribution is 2.36. The van der Waals surface area contributed by atoms with Gasteiger partial charge in [0.05, 0.1) is 34.5 Å². The molecule has 2 saturated heterocycles. The summed E-state index contributed by atoms with van der Waals surface area (Å²) >= 11 is 0. The van der Waals surface area contributed by atoms with Gasteiger partial charge in [-0.25, -0.2) is 0 Å². The van der Waals surface area contributed by atoms with E-state index >= 15 is 0 Å². The first-order valence-electron chi connectivity index (χ1n) is 11.3. The number of nitrogens with one attached hydrogen (secondary N) is 1. The van der Waals surface area contributed by atoms with Gasteiger partial charge >= 0.3 is 0 Å². The fraction of sp³-hybridized carbons (Fsp3) is 0.440. The monoisotopic (exact) mass is 470 g/mol. The normalized spacial score (nSPS) is 19.7. The minimum atomic E-state index is -0.286. The number of anilines is 1. The molecule has 2 amide bonds. The Hall–Kier alpha value is -3.46. The molecule has 0 radical (unpaired) electrons. The zero-order valence-electron chi connectivity index (χ0n) is 19.7. The molecule has 0 bridgehead atoms. The Labute approximate surface area is 198 Å². The highest BCUT2D eigenvalue weighted by molar-refractivity contribution is 5.95. The van der Waals surface area contributed by atoms with E-state index in [0.717, 1.165) is 18.4 Å². The number of carbonyl (C=O) groups is 2. The fourth-order valence-electron chi connectivity index (χ4n) is 4.26. The molecule has 4 rings (SSSR count). The maximum absolute atomic E-state index is 12.7. The maximum atomic E-state index is 12.7. The third kappa shape index (κ3) is 5.36. The summed E-state index contributed by atoms with van der Waals surface area (Å²) in [6.07, 6.45) is 1.84. The highest BCUT2D eigenvalue weighted by Gasteiger charge is 2.32. The van der Waals surface area contributed by atoms with Crippen molar-refractivity contribution in [3.8, 4) is 23.0 Å². The molecule has 2 aromatic carbocycles. The van der Waals surface area contributed by atoms with Gasteiger partial charge in [-0.2, -0.15) is 0 Å². The van der Waals surface area contributed by atoms with Crippen molar-refractivity contribution in [2.45, 2.75) is 31.5 Å². The van der Waals surface area contributed by atoms with Crippen LogP contribution in [0.1, 0.15) is 30.7 Å². The molecule has 34 heavy (non-hydrogen) atoms. The van der Waals surface area contributed by atoms with Crippen molar-refractivity contribution in [1.29, 1.82) is 0 Å². The van der Waals surface area contributed by atoms with Crippen LogP contribution in [0.3, 0.4) is 0 Å². The molecule has 2 heterocycles. The average molecular weight is 471 g/mol. The topological polar surface area (TPSA) is 95.6 Å². The fourth-order valence-corrected chi connectivity index (χ4v) is 4.26. The summed E-state index contributed by atoms with van der Waals surface area (Å²) < 4.78 is 27.5. The van der Waals surface area contributed by atoms with Gasteiger partial charge < -0.3 is 33.9 Å². The molecule has 9 nitrogen and oxygen atoms in total. The van der Waals surface area contributed by atoms with Crippen LogP contribution in [0.2, 0.25) is 0 Å². The number of ether oxygens (including phenoxy) is 5. The van der Waals surface area contributed by atoms with Crippen LogP contribution < -0.4 is 24.3 Å². The molecule has 0 saturated carbocycles. The van der Waals surface area contributed by atoms with Crippen LogP contribution in [0.5, 0.6) is 23.0 Å². The van der Waals surface area contributed by atoms with Crippen molar-refractivity contribution in [3.05, 3.63) is 42.0 Å². The van der Waals surface area contributed by atoms with Gasteiger partial charge in [0.2, 0.25) is 11.8 Å². The number of benzene rings is 2. The number of hydrogen-bond acceptors (Lipinski definition) is 7. The number of likely N-dealkylation sites (tertiary alicyclic amines) is 1. The predicted octanol–water partition coefficient (Wildman–Crippen LogP) is 3.18. The van der Waals surface area contributed by atoms with Crippen molar-refractivity contribution in [3.63, 3.8) is 0 Å². The van der Waals surface area contributed by atoms with Crippen LogP contribution in [-0.2, 0) is 14.3 Å². The first-order chi connectivity index (χ1) is 16.5. The Morgan fingerprint density at radius 2 is 1.76 bits per heavy atom. The first kappa shape index (κ1) is 23.7. The number of hydrogen-bond donors (Lipinski definition) is 1. The second-order valence-corrected chi connectivity index (χ2v) is 8.26. The number of methoxy groups -OCH3 is 3. The van der Waals surface area contributed by atoms with E-state index in [2.05, 4.69) is 5.32 Å². The van der Waals surface area contributed by atoms with Crippen LogP contribution >= 0.6 is 0 Å². The number of carbonyl (C=O) groups excluding carboxylic acids is 2. The van der Waals surface area contributed by atoms with E-state index < -0.39 is 0 Å². The Morgan fingerprint density at radius 3 is 2.47 bits per heavy atom. The molecule has 2 atom stereocenters. The van der Waals surface area contributed by atoms with E-state index in [1.54, 1.807) is 37.3 Å². The van der Waals surface area contributed by atoms with Crippen LogP contribution in [0, 0.1) is 0 Å². The number of nitrogens with zero attached hydrogens (tertiary/aromatic N) is 1. The molecule has 2 fully saturated rings. The molecule has 0 spiro atoms. The SMILES string of the molecule is COc1ccc(NC(=O)CN2C[C@H](c3ccc(OC)c(OC4CCCO4)c3)CC2=O)cc1OC. The van der Waals surface area contributed by atoms with Gasteiger partial charge in [-0.1, -0.05) is 6.07 Å². The highest BCUT2D eigenvalue weighted by atomic mass is 16.7. The van der Waals surface area contributed by atoms with Gasteiger partial charge in [-0.05, 0) is 36.2 Å². The van der Waals surface area contributed by atoms with Crippen molar-refractivity contribution in [2.24, 2.45) is 0 Å². The molecule has 9 heteroatoms. The summed E-state index contributed by atoms with van der Waals surface area (Å²) in [6, 6.07) is 10.8. The van der Waals surface area contributed by atoms with E-state index in [4.69, 9.17) is 23.7 Å². The third-order valence-electron chi connectivity index (χ3n) is 6.02. The summed E-state index contributed by atoms with van der Waals surface area (Å²) in [4.78, 5) is 26.8. The van der Waals surface area contributed by atoms with Crippen LogP contribution in [0.25, 0.3) is 0 Å². The lowest BCUT2D eigenvalue weighted by atomic mass is 9.98. The van der Waals surface area contributed by atoms with Crippen molar-refractivity contribution in [2.75, 3.05) is 46.3 Å². The van der Waals surface area contributed by atoms with E-state index in [0.29, 0.717) is 48.3 Å². The summed E-state index contributed by atoms with van der Waals surface area (Å²) in [5, 5.41) is 2.82. The number of amides is 2. The quantitative estimate of drug-likeness (QED) is 0.601. The van der Waals surface area contributed by atoms with Crippen molar-refractivity contribution in [1.82, 2.24) is 4.90 Å². The molecular weight excluding hydrogens is 440 g/mol. The molecular formula is C25H30N2O7. The Morgan fingerprint density at radius 1 is 1.03 bits per heavy atom. The Bertz CT molecular complexity index is 1040. The molecule has 2 aliphatic rings. The smallest absolute Gasteiger partial charge is 0.243 e. The lowest BCUT2D eigenvalue weighted by Crippen LogP contribution is -2.34. The predicted molar refractivity (Wildman–Crippen MR) is 125 cm³/mol. The van der Waals surface area contributed by atoms with E-state index in [9.17, 15) is 9.59 Å². The summed E-state index contributed by atoms with van der Waals surface area (Å²) in [6.45, 7) is 1.10. The molecule has 0 aliphatic carbocycles. The molecule has 2 aromatic rings. The summed E-state index contributed by atoms with van der Waals surface area (Å²) in [5.74, 6) is 1.92. The minimum absolute atomic E-state index is 0.0287. The second kappa shape index (κ2) is 10.6. The lowest BCUT2D eigenvalue weighted by molar-refractivity contribution is -0.131. The van der Waals surface area contributed by atoms with Crippen LogP contribution in [-0.4, -0.2) is 64.0 Å². The molecule has 0 aromatic heterocycles. The van der Waals surface area contributed by atoms with E-state index in [1.807, 2.05) is 18.2 Å². The minimum Gasteiger partial charge on any atom is -0.493 e. The third-order valence-corrected chi connectivity index (χ3v) is 6.02. The van der Waals surface area contributed by atoms with Crippen molar-refractivity contribution >= 4 is 17.5 Å². The zero-order valence-corrected chi connectivity index (χ0v) is 19.7. The van der Waals surface area contributed by atoms with Gasteiger partial charge in [0, 0.05) is 37.1 Å². The molecule has 182 valence electrons. The molecule has 2 aliphatic heterocycles. The lowest BCUT2D eigenvalue weighted by Gasteiger charge is -2.19. The van der Waals surface area contributed by atoms with Gasteiger partial charge in [-0.3, -0.25) is 9.59 Å². The first-order valence-corrected chi connectivity index (χ1v) is 11.3. The summed E-state index contributed by atoms with van der Waals surface area (Å²) in [5.41, 5.74) is 1.53. The van der Waals surface area contributed by atoms with E-state index in [-0.39, 0.29) is 30.6 Å².